The lowest BCUT2D eigenvalue weighted by molar-refractivity contribution is 0.122. The second kappa shape index (κ2) is 6.81. The molecule has 1 aliphatic rings. The van der Waals surface area contributed by atoms with Gasteiger partial charge in [-0.3, -0.25) is 0 Å². The molecule has 2 rings (SSSR count). The molecule has 1 atom stereocenters. The third-order valence-corrected chi connectivity index (χ3v) is 3.61. The molecule has 1 unspecified atom stereocenters. The van der Waals surface area contributed by atoms with Crippen LogP contribution in [-0.4, -0.2) is 61.1 Å². The summed E-state index contributed by atoms with van der Waals surface area (Å²) >= 11 is 0. The summed E-state index contributed by atoms with van der Waals surface area (Å²) in [5.74, 6) is 0.172. The van der Waals surface area contributed by atoms with Gasteiger partial charge in [0, 0.05) is 32.8 Å². The summed E-state index contributed by atoms with van der Waals surface area (Å²) in [5.41, 5.74) is 0. The SMILES string of the molecule is CC(CCO)N(C)c1ncnc(N2CCOCC2)c1F. The molecule has 1 fully saturated rings. The molecule has 6 nitrogen and oxygen atoms in total. The first-order valence-electron chi connectivity index (χ1n) is 6.82. The quantitative estimate of drug-likeness (QED) is 0.857. The van der Waals surface area contributed by atoms with Gasteiger partial charge >= 0.3 is 0 Å². The topological polar surface area (TPSA) is 61.7 Å². The summed E-state index contributed by atoms with van der Waals surface area (Å²) in [6, 6.07) is 0.00180. The molecular formula is C13H21FN4O2. The number of aliphatic hydroxyl groups is 1. The van der Waals surface area contributed by atoms with Crippen molar-refractivity contribution in [3.8, 4) is 0 Å². The Bertz CT molecular complexity index is 440. The first kappa shape index (κ1) is 14.9. The fraction of sp³-hybridized carbons (Fsp3) is 0.692. The van der Waals surface area contributed by atoms with Gasteiger partial charge in [-0.25, -0.2) is 9.97 Å². The van der Waals surface area contributed by atoms with Gasteiger partial charge in [-0.05, 0) is 13.3 Å². The van der Waals surface area contributed by atoms with Gasteiger partial charge in [0.25, 0.3) is 0 Å². The molecule has 1 saturated heterocycles. The van der Waals surface area contributed by atoms with Crippen LogP contribution >= 0.6 is 0 Å². The smallest absolute Gasteiger partial charge is 0.208 e. The molecule has 0 aromatic carbocycles. The van der Waals surface area contributed by atoms with E-state index in [1.165, 1.54) is 6.33 Å². The highest BCUT2D eigenvalue weighted by Gasteiger charge is 2.23. The zero-order valence-electron chi connectivity index (χ0n) is 11.9. The van der Waals surface area contributed by atoms with Crippen LogP contribution in [0.5, 0.6) is 0 Å². The predicted molar refractivity (Wildman–Crippen MR) is 74.6 cm³/mol. The monoisotopic (exact) mass is 284 g/mol. The Morgan fingerprint density at radius 3 is 2.80 bits per heavy atom. The number of rotatable bonds is 5. The van der Waals surface area contributed by atoms with Crippen molar-refractivity contribution in [1.29, 1.82) is 0 Å². The van der Waals surface area contributed by atoms with Crippen LogP contribution < -0.4 is 9.80 Å². The number of anilines is 2. The van der Waals surface area contributed by atoms with Crippen molar-refractivity contribution in [2.75, 3.05) is 49.8 Å². The standard InChI is InChI=1S/C13H21FN4O2/c1-10(3-6-19)17(2)12-11(14)13(16-9-15-12)18-4-7-20-8-5-18/h9-10,19H,3-8H2,1-2H3. The highest BCUT2D eigenvalue weighted by molar-refractivity contribution is 5.52. The zero-order valence-corrected chi connectivity index (χ0v) is 11.9. The molecule has 20 heavy (non-hydrogen) atoms. The minimum absolute atomic E-state index is 0.00180. The Morgan fingerprint density at radius 2 is 2.15 bits per heavy atom. The van der Waals surface area contributed by atoms with E-state index in [4.69, 9.17) is 9.84 Å². The number of aliphatic hydroxyl groups excluding tert-OH is 1. The van der Waals surface area contributed by atoms with Crippen LogP contribution in [0.1, 0.15) is 13.3 Å². The van der Waals surface area contributed by atoms with E-state index in [1.54, 1.807) is 11.9 Å². The van der Waals surface area contributed by atoms with Crippen LogP contribution in [0.3, 0.4) is 0 Å². The van der Waals surface area contributed by atoms with Crippen molar-refractivity contribution < 1.29 is 14.2 Å². The molecule has 1 aromatic heterocycles. The van der Waals surface area contributed by atoms with Gasteiger partial charge in [0.2, 0.25) is 5.82 Å². The van der Waals surface area contributed by atoms with Crippen molar-refractivity contribution in [3.63, 3.8) is 0 Å². The van der Waals surface area contributed by atoms with E-state index in [2.05, 4.69) is 9.97 Å². The summed E-state index contributed by atoms with van der Waals surface area (Å²) in [6.07, 6.45) is 1.94. The van der Waals surface area contributed by atoms with Crippen molar-refractivity contribution in [2.24, 2.45) is 0 Å². The van der Waals surface area contributed by atoms with Crippen LogP contribution in [0.2, 0.25) is 0 Å². The van der Waals surface area contributed by atoms with E-state index in [1.807, 2.05) is 11.8 Å². The van der Waals surface area contributed by atoms with Crippen molar-refractivity contribution >= 4 is 11.6 Å². The number of hydrogen-bond donors (Lipinski definition) is 1. The minimum atomic E-state index is -0.415. The van der Waals surface area contributed by atoms with E-state index in [0.29, 0.717) is 38.5 Å². The fourth-order valence-electron chi connectivity index (χ4n) is 2.18. The molecule has 0 saturated carbocycles. The van der Waals surface area contributed by atoms with Crippen LogP contribution in [0.15, 0.2) is 6.33 Å². The number of aromatic nitrogens is 2. The molecule has 0 amide bonds. The summed E-state index contributed by atoms with van der Waals surface area (Å²) < 4.78 is 19.9. The Kier molecular flexibility index (Phi) is 5.08. The van der Waals surface area contributed by atoms with E-state index >= 15 is 0 Å². The van der Waals surface area contributed by atoms with Gasteiger partial charge in [0.05, 0.1) is 13.2 Å². The first-order valence-corrected chi connectivity index (χ1v) is 6.82. The molecule has 112 valence electrons. The number of halogens is 1. The molecule has 1 N–H and O–H groups in total. The van der Waals surface area contributed by atoms with E-state index < -0.39 is 5.82 Å². The molecule has 0 aliphatic carbocycles. The van der Waals surface area contributed by atoms with Crippen LogP contribution in [-0.2, 0) is 4.74 Å². The van der Waals surface area contributed by atoms with E-state index in [0.717, 1.165) is 0 Å². The summed E-state index contributed by atoms with van der Waals surface area (Å²) in [6.45, 7) is 4.40. The van der Waals surface area contributed by atoms with Crippen molar-refractivity contribution in [1.82, 2.24) is 9.97 Å². The third kappa shape index (κ3) is 3.16. The Labute approximate surface area is 118 Å². The second-order valence-corrected chi connectivity index (χ2v) is 4.91. The highest BCUT2D eigenvalue weighted by Crippen LogP contribution is 2.25. The molecule has 1 aliphatic heterocycles. The van der Waals surface area contributed by atoms with Crippen molar-refractivity contribution in [2.45, 2.75) is 19.4 Å². The normalized spacial score (nSPS) is 17.1. The third-order valence-electron chi connectivity index (χ3n) is 3.61. The Morgan fingerprint density at radius 1 is 1.45 bits per heavy atom. The van der Waals surface area contributed by atoms with Gasteiger partial charge in [0.15, 0.2) is 11.6 Å². The maximum Gasteiger partial charge on any atom is 0.208 e. The van der Waals surface area contributed by atoms with Crippen molar-refractivity contribution in [3.05, 3.63) is 12.1 Å². The molecule has 2 heterocycles. The van der Waals surface area contributed by atoms with Crippen LogP contribution in [0, 0.1) is 5.82 Å². The number of hydrogen-bond acceptors (Lipinski definition) is 6. The lowest BCUT2D eigenvalue weighted by Crippen LogP contribution is -2.38. The molecule has 0 bridgehead atoms. The average molecular weight is 284 g/mol. The summed E-state index contributed by atoms with van der Waals surface area (Å²) in [7, 11) is 1.77. The molecular weight excluding hydrogens is 263 g/mol. The predicted octanol–water partition coefficient (Wildman–Crippen LogP) is 0.659. The van der Waals surface area contributed by atoms with E-state index in [-0.39, 0.29) is 18.5 Å². The van der Waals surface area contributed by atoms with E-state index in [9.17, 15) is 4.39 Å². The number of morpholine rings is 1. The number of ether oxygens (including phenoxy) is 1. The second-order valence-electron chi connectivity index (χ2n) is 4.91. The number of nitrogens with zero attached hydrogens (tertiary/aromatic N) is 4. The average Bonchev–Trinajstić information content (AvgIpc) is 2.48. The lowest BCUT2D eigenvalue weighted by atomic mass is 10.2. The Balaban J connectivity index is 2.22. The van der Waals surface area contributed by atoms with Gasteiger partial charge in [-0.15, -0.1) is 0 Å². The zero-order chi connectivity index (χ0) is 14.5. The maximum atomic E-state index is 14.6. The van der Waals surface area contributed by atoms with Crippen LogP contribution in [0.25, 0.3) is 0 Å². The van der Waals surface area contributed by atoms with Gasteiger partial charge in [-0.1, -0.05) is 0 Å². The Hall–Kier alpha value is -1.47. The van der Waals surface area contributed by atoms with Crippen LogP contribution in [0.4, 0.5) is 16.0 Å². The molecule has 0 spiro atoms. The molecule has 0 radical (unpaired) electrons. The van der Waals surface area contributed by atoms with Gasteiger partial charge in [-0.2, -0.15) is 4.39 Å². The molecule has 7 heteroatoms. The molecule has 1 aromatic rings. The highest BCUT2D eigenvalue weighted by atomic mass is 19.1. The first-order chi connectivity index (χ1) is 9.65. The largest absolute Gasteiger partial charge is 0.396 e. The summed E-state index contributed by atoms with van der Waals surface area (Å²) in [4.78, 5) is 11.7. The summed E-state index contributed by atoms with van der Waals surface area (Å²) in [5, 5.41) is 8.98. The fourth-order valence-corrected chi connectivity index (χ4v) is 2.18. The maximum absolute atomic E-state index is 14.6. The lowest BCUT2D eigenvalue weighted by Gasteiger charge is -2.30. The van der Waals surface area contributed by atoms with Gasteiger partial charge < -0.3 is 19.6 Å². The van der Waals surface area contributed by atoms with Gasteiger partial charge in [0.1, 0.15) is 6.33 Å². The minimum Gasteiger partial charge on any atom is -0.396 e.